The average molecular weight is 491 g/mol. The minimum absolute atomic E-state index is 0.118. The lowest BCUT2D eigenvalue weighted by atomic mass is 10.00. The summed E-state index contributed by atoms with van der Waals surface area (Å²) in [4.78, 5) is 37.8. The lowest BCUT2D eigenvalue weighted by molar-refractivity contribution is -0.118. The van der Waals surface area contributed by atoms with Gasteiger partial charge in [0.2, 0.25) is 5.91 Å². The minimum Gasteiger partial charge on any atom is -0.493 e. The quantitative estimate of drug-likeness (QED) is 0.499. The monoisotopic (exact) mass is 490 g/mol. The van der Waals surface area contributed by atoms with Crippen molar-refractivity contribution >= 4 is 28.8 Å². The van der Waals surface area contributed by atoms with Gasteiger partial charge < -0.3 is 14.4 Å². The summed E-state index contributed by atoms with van der Waals surface area (Å²) >= 11 is 1.04. The van der Waals surface area contributed by atoms with E-state index in [4.69, 9.17) is 9.47 Å². The van der Waals surface area contributed by atoms with Gasteiger partial charge in [0.1, 0.15) is 0 Å². The van der Waals surface area contributed by atoms with E-state index in [-0.39, 0.29) is 22.3 Å². The zero-order valence-corrected chi connectivity index (χ0v) is 20.6. The first kappa shape index (κ1) is 24.3. The normalized spacial score (nSPS) is 15.0. The van der Waals surface area contributed by atoms with Gasteiger partial charge in [-0.15, -0.1) is 0 Å². The van der Waals surface area contributed by atoms with E-state index in [1.807, 2.05) is 42.5 Å². The summed E-state index contributed by atoms with van der Waals surface area (Å²) in [5.74, 6) is 0.733. The third kappa shape index (κ3) is 5.66. The molecule has 1 atom stereocenters. The van der Waals surface area contributed by atoms with E-state index in [1.165, 1.54) is 0 Å². The van der Waals surface area contributed by atoms with Crippen molar-refractivity contribution in [2.45, 2.75) is 18.2 Å². The Morgan fingerprint density at radius 2 is 1.66 bits per heavy atom. The molecule has 3 aromatic rings. The highest BCUT2D eigenvalue weighted by atomic mass is 32.2. The predicted octanol–water partition coefficient (Wildman–Crippen LogP) is 4.54. The Morgan fingerprint density at radius 3 is 2.31 bits per heavy atom. The van der Waals surface area contributed by atoms with Crippen LogP contribution in [0.2, 0.25) is 0 Å². The summed E-state index contributed by atoms with van der Waals surface area (Å²) in [6.45, 7) is 0.446. The van der Waals surface area contributed by atoms with E-state index in [0.29, 0.717) is 30.0 Å². The molecule has 0 radical (unpaired) electrons. The van der Waals surface area contributed by atoms with Crippen molar-refractivity contribution in [1.82, 2.24) is 10.2 Å². The highest BCUT2D eigenvalue weighted by Gasteiger charge is 2.31. The van der Waals surface area contributed by atoms with Crippen molar-refractivity contribution < 1.29 is 23.9 Å². The minimum atomic E-state index is -0.379. The molecule has 1 aliphatic heterocycles. The van der Waals surface area contributed by atoms with Gasteiger partial charge in [-0.25, -0.2) is 0 Å². The van der Waals surface area contributed by atoms with Crippen molar-refractivity contribution in [3.8, 4) is 22.6 Å². The zero-order chi connectivity index (χ0) is 24.9. The first-order valence-electron chi connectivity index (χ1n) is 11.0. The molecule has 35 heavy (non-hydrogen) atoms. The van der Waals surface area contributed by atoms with Gasteiger partial charge in [0.05, 0.1) is 19.5 Å². The number of methoxy groups -OCH3 is 2. The van der Waals surface area contributed by atoms with Crippen molar-refractivity contribution in [2.24, 2.45) is 0 Å². The summed E-state index contributed by atoms with van der Waals surface area (Å²) in [5.41, 5.74) is 4.58. The van der Waals surface area contributed by atoms with Crippen LogP contribution in [-0.4, -0.2) is 48.5 Å². The molecule has 1 heterocycles. The van der Waals surface area contributed by atoms with Crippen LogP contribution >= 0.6 is 11.8 Å². The first-order chi connectivity index (χ1) is 16.9. The molecule has 1 unspecified atom stereocenters. The molecule has 180 valence electrons. The van der Waals surface area contributed by atoms with Crippen LogP contribution in [0.15, 0.2) is 66.7 Å². The summed E-state index contributed by atoms with van der Waals surface area (Å²) in [5, 5.41) is 1.65. The zero-order valence-electron chi connectivity index (χ0n) is 19.7. The number of thioether (sulfide) groups is 1. The Hall–Kier alpha value is -3.78. The number of benzene rings is 3. The smallest absolute Gasteiger partial charge is 0.286 e. The number of hydrogen-bond acceptors (Lipinski definition) is 6. The summed E-state index contributed by atoms with van der Waals surface area (Å²) < 4.78 is 10.6. The summed E-state index contributed by atoms with van der Waals surface area (Å²) in [6.07, 6.45) is 0.506. The van der Waals surface area contributed by atoms with E-state index in [0.717, 1.165) is 34.0 Å². The van der Waals surface area contributed by atoms with E-state index in [1.54, 1.807) is 44.4 Å². The fraction of sp³-hybridized carbons (Fsp3) is 0.222. The third-order valence-electron chi connectivity index (χ3n) is 5.80. The molecule has 0 aromatic heterocycles. The predicted molar refractivity (Wildman–Crippen MR) is 136 cm³/mol. The Bertz CT molecular complexity index is 1260. The second kappa shape index (κ2) is 10.7. The van der Waals surface area contributed by atoms with Crippen LogP contribution in [0, 0.1) is 0 Å². The van der Waals surface area contributed by atoms with Crippen LogP contribution in [0.3, 0.4) is 0 Å². The van der Waals surface area contributed by atoms with Crippen LogP contribution in [0.25, 0.3) is 11.1 Å². The maximum absolute atomic E-state index is 13.0. The standard InChI is InChI=1S/C27H26N2O5S/c1-29(26(31)21-11-12-22(33-2)23(15-21)34-3)16-18-5-4-6-20(13-18)19-9-7-17(8-10-19)14-24-25(30)28-27(32)35-24/h4-13,15,24H,14,16H2,1-3H3,(H,28,30,32). The SMILES string of the molecule is COc1ccc(C(=O)N(C)Cc2cccc(-c3ccc(CC4SC(=O)NC4=O)cc3)c2)cc1OC. The number of hydrogen-bond donors (Lipinski definition) is 1. The maximum atomic E-state index is 13.0. The Balaban J connectivity index is 1.44. The molecule has 3 amide bonds. The topological polar surface area (TPSA) is 84.9 Å². The molecule has 0 aliphatic carbocycles. The number of nitrogens with zero attached hydrogens (tertiary/aromatic N) is 1. The molecule has 0 saturated carbocycles. The van der Waals surface area contributed by atoms with E-state index >= 15 is 0 Å². The molecule has 4 rings (SSSR count). The molecule has 0 bridgehead atoms. The van der Waals surface area contributed by atoms with Gasteiger partial charge in [-0.3, -0.25) is 19.7 Å². The number of amides is 3. The van der Waals surface area contributed by atoms with Crippen LogP contribution in [-0.2, 0) is 17.8 Å². The van der Waals surface area contributed by atoms with Gasteiger partial charge in [-0.1, -0.05) is 54.2 Å². The van der Waals surface area contributed by atoms with E-state index in [9.17, 15) is 14.4 Å². The number of imide groups is 1. The first-order valence-corrected chi connectivity index (χ1v) is 11.9. The van der Waals surface area contributed by atoms with Gasteiger partial charge >= 0.3 is 0 Å². The summed E-state index contributed by atoms with van der Waals surface area (Å²) in [7, 11) is 4.86. The third-order valence-corrected chi connectivity index (χ3v) is 6.78. The van der Waals surface area contributed by atoms with Gasteiger partial charge in [0, 0.05) is 19.2 Å². The number of carbonyl (C=O) groups excluding carboxylic acids is 3. The molecule has 8 heteroatoms. The number of ether oxygens (including phenoxy) is 2. The fourth-order valence-electron chi connectivity index (χ4n) is 3.96. The van der Waals surface area contributed by atoms with Gasteiger partial charge in [-0.05, 0) is 52.9 Å². The van der Waals surface area contributed by atoms with Crippen LogP contribution in [0.5, 0.6) is 11.5 Å². The molecular weight excluding hydrogens is 464 g/mol. The Kier molecular flexibility index (Phi) is 7.41. The van der Waals surface area contributed by atoms with Crippen LogP contribution < -0.4 is 14.8 Å². The number of carbonyl (C=O) groups is 3. The van der Waals surface area contributed by atoms with Crippen LogP contribution in [0.1, 0.15) is 21.5 Å². The van der Waals surface area contributed by atoms with Gasteiger partial charge in [0.25, 0.3) is 11.1 Å². The molecule has 7 nitrogen and oxygen atoms in total. The van der Waals surface area contributed by atoms with Crippen LogP contribution in [0.4, 0.5) is 4.79 Å². The lowest BCUT2D eigenvalue weighted by Crippen LogP contribution is -2.26. The second-order valence-corrected chi connectivity index (χ2v) is 9.39. The van der Waals surface area contributed by atoms with Gasteiger partial charge in [0.15, 0.2) is 11.5 Å². The maximum Gasteiger partial charge on any atom is 0.286 e. The molecule has 1 aliphatic rings. The molecule has 3 aromatic carbocycles. The van der Waals surface area contributed by atoms with Crippen molar-refractivity contribution in [3.05, 3.63) is 83.4 Å². The fourth-order valence-corrected chi connectivity index (χ4v) is 4.82. The second-order valence-electron chi connectivity index (χ2n) is 8.22. The number of nitrogens with one attached hydrogen (secondary N) is 1. The highest BCUT2D eigenvalue weighted by Crippen LogP contribution is 2.29. The largest absolute Gasteiger partial charge is 0.493 e. The van der Waals surface area contributed by atoms with Crippen molar-refractivity contribution in [1.29, 1.82) is 0 Å². The molecule has 1 saturated heterocycles. The number of rotatable bonds is 8. The Labute approximate surface area is 208 Å². The van der Waals surface area contributed by atoms with Crippen molar-refractivity contribution in [2.75, 3.05) is 21.3 Å². The molecule has 0 spiro atoms. The highest BCUT2D eigenvalue weighted by molar-refractivity contribution is 8.15. The van der Waals surface area contributed by atoms with E-state index < -0.39 is 0 Å². The average Bonchev–Trinajstić information content (AvgIpc) is 3.19. The van der Waals surface area contributed by atoms with Gasteiger partial charge in [-0.2, -0.15) is 0 Å². The summed E-state index contributed by atoms with van der Waals surface area (Å²) in [6, 6.07) is 21.1. The van der Waals surface area contributed by atoms with Crippen molar-refractivity contribution in [3.63, 3.8) is 0 Å². The van der Waals surface area contributed by atoms with E-state index in [2.05, 4.69) is 11.4 Å². The molecule has 1 fully saturated rings. The lowest BCUT2D eigenvalue weighted by Gasteiger charge is -2.19. The molecule has 1 N–H and O–H groups in total. The molecular formula is C27H26N2O5S. The Morgan fingerprint density at radius 1 is 0.914 bits per heavy atom.